The summed E-state index contributed by atoms with van der Waals surface area (Å²) in [6.45, 7) is -0.508. The Morgan fingerprint density at radius 1 is 0.730 bits per heavy atom. The highest BCUT2D eigenvalue weighted by atomic mass is 16.8. The molecule has 16 heteroatoms. The Bertz CT molecular complexity index is 756. The average molecular weight is 540 g/mol. The molecule has 4 rings (SSSR count). The van der Waals surface area contributed by atoms with Crippen LogP contribution >= 0.6 is 0 Å². The third kappa shape index (κ3) is 5.66. The molecule has 0 bridgehead atoms. The molecule has 17 atom stereocenters. The van der Waals surface area contributed by atoms with E-state index in [9.17, 15) is 30.6 Å². The van der Waals surface area contributed by atoms with Crippen molar-refractivity contribution in [2.45, 2.75) is 117 Å². The van der Waals surface area contributed by atoms with Gasteiger partial charge in [-0.1, -0.05) is 0 Å². The van der Waals surface area contributed by atoms with E-state index in [1.165, 1.54) is 0 Å². The first-order chi connectivity index (χ1) is 17.5. The van der Waals surface area contributed by atoms with Gasteiger partial charge in [0.15, 0.2) is 18.9 Å². The van der Waals surface area contributed by atoms with Gasteiger partial charge in [0, 0.05) is 12.1 Å². The van der Waals surface area contributed by atoms with E-state index in [4.69, 9.17) is 46.6 Å². The summed E-state index contributed by atoms with van der Waals surface area (Å²) >= 11 is 0. The lowest BCUT2D eigenvalue weighted by Crippen LogP contribution is -2.70. The summed E-state index contributed by atoms with van der Waals surface area (Å²) in [6.07, 6.45) is -13.7. The number of nitrogens with one attached hydrogen (secondary N) is 1. The molecule has 216 valence electrons. The van der Waals surface area contributed by atoms with Crippen LogP contribution in [0.4, 0.5) is 0 Å². The first-order valence-electron chi connectivity index (χ1n) is 12.5. The van der Waals surface area contributed by atoms with Crippen LogP contribution in [0, 0.1) is 0 Å². The van der Waals surface area contributed by atoms with Gasteiger partial charge in [-0.15, -0.1) is 0 Å². The van der Waals surface area contributed by atoms with E-state index in [0.29, 0.717) is 0 Å². The van der Waals surface area contributed by atoms with Crippen LogP contribution in [0.5, 0.6) is 0 Å². The highest BCUT2D eigenvalue weighted by Gasteiger charge is 2.54. The second kappa shape index (κ2) is 11.8. The number of likely N-dealkylation sites (N-methyl/N-ethyl adjacent to an activating group) is 1. The first kappa shape index (κ1) is 29.3. The fourth-order valence-corrected chi connectivity index (χ4v) is 5.46. The lowest BCUT2D eigenvalue weighted by molar-refractivity contribution is -0.373. The zero-order chi connectivity index (χ0) is 27.2. The largest absolute Gasteiger partial charge is 0.394 e. The predicted molar refractivity (Wildman–Crippen MR) is 123 cm³/mol. The predicted octanol–water partition coefficient (Wildman–Crippen LogP) is -6.95. The normalized spacial score (nSPS) is 55.1. The minimum atomic E-state index is -1.54. The Morgan fingerprint density at radius 3 is 2.08 bits per heavy atom. The highest BCUT2D eigenvalue weighted by molar-refractivity contribution is 5.01. The smallest absolute Gasteiger partial charge is 0.189 e. The van der Waals surface area contributed by atoms with Gasteiger partial charge in [0.05, 0.1) is 36.9 Å². The molecule has 0 unspecified atom stereocenters. The van der Waals surface area contributed by atoms with Gasteiger partial charge >= 0.3 is 0 Å². The molecule has 1 saturated carbocycles. The molecule has 4 aliphatic rings. The van der Waals surface area contributed by atoms with Crippen LogP contribution < -0.4 is 28.3 Å². The van der Waals surface area contributed by atoms with E-state index in [-0.39, 0.29) is 12.8 Å². The van der Waals surface area contributed by atoms with Crippen molar-refractivity contribution in [3.63, 3.8) is 0 Å². The number of ether oxygens (including phenoxy) is 5. The van der Waals surface area contributed by atoms with Crippen molar-refractivity contribution in [3.05, 3.63) is 0 Å². The number of nitrogens with two attached hydrogens (primary N) is 4. The van der Waals surface area contributed by atoms with E-state index in [1.54, 1.807) is 7.05 Å². The summed E-state index contributed by atoms with van der Waals surface area (Å²) < 4.78 is 29.2. The van der Waals surface area contributed by atoms with Gasteiger partial charge in [0.1, 0.15) is 42.7 Å². The number of rotatable bonds is 6. The van der Waals surface area contributed by atoms with Crippen LogP contribution in [-0.2, 0) is 23.7 Å². The minimum absolute atomic E-state index is 0.156. The van der Waals surface area contributed by atoms with E-state index in [2.05, 4.69) is 5.32 Å². The van der Waals surface area contributed by atoms with Crippen molar-refractivity contribution in [3.8, 4) is 0 Å². The molecule has 0 aromatic heterocycles. The number of aliphatic hydroxyl groups excluding tert-OH is 6. The van der Waals surface area contributed by atoms with E-state index < -0.39 is 111 Å². The Labute approximate surface area is 213 Å². The zero-order valence-corrected chi connectivity index (χ0v) is 20.5. The monoisotopic (exact) mass is 539 g/mol. The average Bonchev–Trinajstić information content (AvgIpc) is 2.86. The fourth-order valence-electron chi connectivity index (χ4n) is 5.46. The molecule has 0 aromatic rings. The van der Waals surface area contributed by atoms with Gasteiger partial charge in [-0.3, -0.25) is 0 Å². The van der Waals surface area contributed by atoms with Crippen LogP contribution in [0.1, 0.15) is 12.8 Å². The molecule has 3 heterocycles. The molecule has 0 radical (unpaired) electrons. The topological polar surface area (TPSA) is 284 Å². The van der Waals surface area contributed by atoms with Crippen molar-refractivity contribution in [1.29, 1.82) is 0 Å². The summed E-state index contributed by atoms with van der Waals surface area (Å²) in [7, 11) is 1.55. The molecule has 15 N–H and O–H groups in total. The maximum atomic E-state index is 11.1. The van der Waals surface area contributed by atoms with Crippen molar-refractivity contribution in [2.24, 2.45) is 22.9 Å². The summed E-state index contributed by atoms with van der Waals surface area (Å²) in [6, 6.07) is -4.05. The molecule has 0 spiro atoms. The first-order valence-corrected chi connectivity index (χ1v) is 12.5. The Kier molecular flexibility index (Phi) is 9.40. The van der Waals surface area contributed by atoms with Crippen molar-refractivity contribution in [1.82, 2.24) is 5.32 Å². The standard InChI is InChI=1S/C21H41N5O11/c1-26-11-14(30)18-8(33-20(11)37-21-16(32)13(29)10(25)9(4-27)34-21)3-7(24)19(36-18)35-17-6(23)2-5(22)12(28)15(17)31/h5-21,26-32H,2-4,22-25H2,1H3/t5-,6+,7-,8-,9-,10-,11+,12+,13+,14-,15-,16-,17-,18+,19+,20+,21-/m1/s1. The maximum Gasteiger partial charge on any atom is 0.189 e. The van der Waals surface area contributed by atoms with Crippen LogP contribution in [0.15, 0.2) is 0 Å². The highest BCUT2D eigenvalue weighted by Crippen LogP contribution is 2.35. The minimum Gasteiger partial charge on any atom is -0.394 e. The van der Waals surface area contributed by atoms with Crippen LogP contribution in [-0.4, -0.2) is 148 Å². The molecule has 0 aromatic carbocycles. The third-order valence-electron chi connectivity index (χ3n) is 7.74. The Hall–Kier alpha value is -0.640. The lowest BCUT2D eigenvalue weighted by Gasteiger charge is -2.51. The van der Waals surface area contributed by atoms with Gasteiger partial charge in [-0.25, -0.2) is 0 Å². The molecule has 0 amide bonds. The van der Waals surface area contributed by atoms with Crippen LogP contribution in [0.3, 0.4) is 0 Å². The molecular weight excluding hydrogens is 498 g/mol. The SMILES string of the molecule is CN[C@@H]1[C@H](O[C@H]2O[C@H](CO)[C@@H](N)[C@H](O)[C@H]2O)O[C@@H]2C[C@@H](N)[C@@H](O[C@H]3[C@H](O)[C@@H](O)[C@H](N)C[C@@H]3N)O[C@@H]2[C@@H]1O. The van der Waals surface area contributed by atoms with Crippen molar-refractivity contribution < 1.29 is 54.3 Å². The van der Waals surface area contributed by atoms with Gasteiger partial charge in [-0.05, 0) is 19.9 Å². The second-order valence-electron chi connectivity index (χ2n) is 10.3. The number of fused-ring (bicyclic) bond motifs is 1. The van der Waals surface area contributed by atoms with E-state index in [1.807, 2.05) is 0 Å². The summed E-state index contributed by atoms with van der Waals surface area (Å²) in [5, 5.41) is 64.7. The van der Waals surface area contributed by atoms with Gasteiger partial charge in [-0.2, -0.15) is 0 Å². The van der Waals surface area contributed by atoms with Gasteiger partial charge in [0.25, 0.3) is 0 Å². The van der Waals surface area contributed by atoms with Crippen molar-refractivity contribution in [2.75, 3.05) is 13.7 Å². The number of hydrogen-bond donors (Lipinski definition) is 11. The molecule has 16 nitrogen and oxygen atoms in total. The van der Waals surface area contributed by atoms with E-state index in [0.717, 1.165) is 0 Å². The summed E-state index contributed by atoms with van der Waals surface area (Å²) in [4.78, 5) is 0. The van der Waals surface area contributed by atoms with Crippen LogP contribution in [0.25, 0.3) is 0 Å². The molecule has 3 saturated heterocycles. The second-order valence-corrected chi connectivity index (χ2v) is 10.3. The molecule has 1 aliphatic carbocycles. The number of hydrogen-bond acceptors (Lipinski definition) is 16. The van der Waals surface area contributed by atoms with E-state index >= 15 is 0 Å². The quantitative estimate of drug-likeness (QED) is 0.149. The number of aliphatic hydroxyl groups is 6. The van der Waals surface area contributed by atoms with Crippen LogP contribution in [0.2, 0.25) is 0 Å². The lowest BCUT2D eigenvalue weighted by atomic mass is 9.84. The molecule has 37 heavy (non-hydrogen) atoms. The maximum absolute atomic E-state index is 11.1. The fraction of sp³-hybridized carbons (Fsp3) is 1.00. The Morgan fingerprint density at radius 2 is 1.43 bits per heavy atom. The molecule has 3 aliphatic heterocycles. The Balaban J connectivity index is 1.43. The summed E-state index contributed by atoms with van der Waals surface area (Å²) in [5.74, 6) is 0. The van der Waals surface area contributed by atoms with Gasteiger partial charge in [0.2, 0.25) is 0 Å². The molecule has 4 fully saturated rings. The zero-order valence-electron chi connectivity index (χ0n) is 20.5. The van der Waals surface area contributed by atoms with Crippen molar-refractivity contribution >= 4 is 0 Å². The third-order valence-corrected chi connectivity index (χ3v) is 7.74. The molecular formula is C21H41N5O11. The summed E-state index contributed by atoms with van der Waals surface area (Å²) in [5.41, 5.74) is 24.0. The van der Waals surface area contributed by atoms with Gasteiger partial charge < -0.3 is 82.6 Å².